The van der Waals surface area contributed by atoms with Crippen LogP contribution in [0.15, 0.2) is 48.8 Å². The number of nitrogens with one attached hydrogen (secondary N) is 1. The zero-order valence-corrected chi connectivity index (χ0v) is 19.4. The topological polar surface area (TPSA) is 95.6 Å². The number of nitrogens with zero attached hydrogens (tertiary/aromatic N) is 3. The third-order valence-corrected chi connectivity index (χ3v) is 9.07. The van der Waals surface area contributed by atoms with Crippen molar-refractivity contribution in [2.24, 2.45) is 0 Å². The molecule has 8 nitrogen and oxygen atoms in total. The summed E-state index contributed by atoms with van der Waals surface area (Å²) >= 11 is 0. The molecule has 1 amide bonds. The third kappa shape index (κ3) is 4.22. The number of methoxy groups -OCH3 is 1. The van der Waals surface area contributed by atoms with Gasteiger partial charge in [-0.1, -0.05) is 12.1 Å². The van der Waals surface area contributed by atoms with E-state index in [1.807, 2.05) is 36.5 Å². The number of aromatic nitrogens is 2. The van der Waals surface area contributed by atoms with Gasteiger partial charge in [-0.05, 0) is 54.2 Å². The molecule has 5 rings (SSSR count). The highest BCUT2D eigenvalue weighted by Gasteiger charge is 2.43. The van der Waals surface area contributed by atoms with E-state index in [0.717, 1.165) is 29.4 Å². The summed E-state index contributed by atoms with van der Waals surface area (Å²) in [5.74, 6) is 0.967. The van der Waals surface area contributed by atoms with Gasteiger partial charge in [0.2, 0.25) is 15.9 Å². The molecule has 0 spiro atoms. The van der Waals surface area contributed by atoms with Gasteiger partial charge in [-0.2, -0.15) is 0 Å². The SMILES string of the molecule is COc1cccc(CC(=O)N2CC(S(=O)(=O)N3CCC(c4c[nH]c5ncccc45)CC3)C2)c1. The first-order valence-corrected chi connectivity index (χ1v) is 12.8. The van der Waals surface area contributed by atoms with E-state index in [1.54, 1.807) is 22.5 Å². The summed E-state index contributed by atoms with van der Waals surface area (Å²) in [6.45, 7) is 1.54. The number of carbonyl (C=O) groups excluding carboxylic acids is 1. The molecule has 0 radical (unpaired) electrons. The summed E-state index contributed by atoms with van der Waals surface area (Å²) < 4.78 is 33.1. The number of amides is 1. The van der Waals surface area contributed by atoms with Gasteiger partial charge in [-0.25, -0.2) is 17.7 Å². The van der Waals surface area contributed by atoms with Crippen molar-refractivity contribution in [3.8, 4) is 5.75 Å². The largest absolute Gasteiger partial charge is 0.497 e. The summed E-state index contributed by atoms with van der Waals surface area (Å²) in [6, 6.07) is 11.4. The Morgan fingerprint density at radius 1 is 1.18 bits per heavy atom. The van der Waals surface area contributed by atoms with Crippen molar-refractivity contribution in [3.05, 3.63) is 59.9 Å². The number of fused-ring (bicyclic) bond motifs is 1. The highest BCUT2D eigenvalue weighted by Crippen LogP contribution is 2.34. The molecule has 0 aliphatic carbocycles. The average Bonchev–Trinajstić information content (AvgIpc) is 3.22. The minimum atomic E-state index is -3.41. The molecule has 0 bridgehead atoms. The van der Waals surface area contributed by atoms with E-state index in [2.05, 4.69) is 16.0 Å². The van der Waals surface area contributed by atoms with Crippen molar-refractivity contribution in [3.63, 3.8) is 0 Å². The summed E-state index contributed by atoms with van der Waals surface area (Å²) in [4.78, 5) is 21.8. The third-order valence-electron chi connectivity index (χ3n) is 6.85. The smallest absolute Gasteiger partial charge is 0.227 e. The standard InChI is InChI=1S/C24H28N4O4S/c1-32-19-5-2-4-17(12-19)13-23(29)27-15-20(16-27)33(30,31)28-10-7-18(8-11-28)22-14-26-24-21(22)6-3-9-25-24/h2-6,9,12,14,18,20H,7-8,10-11,13,15-16H2,1H3,(H,25,26). The van der Waals surface area contributed by atoms with Gasteiger partial charge in [0.1, 0.15) is 16.6 Å². The number of ether oxygens (including phenoxy) is 1. The maximum Gasteiger partial charge on any atom is 0.227 e. The van der Waals surface area contributed by atoms with Crippen molar-refractivity contribution < 1.29 is 17.9 Å². The molecule has 9 heteroatoms. The Morgan fingerprint density at radius 3 is 2.73 bits per heavy atom. The van der Waals surface area contributed by atoms with Crippen LogP contribution in [0.25, 0.3) is 11.0 Å². The van der Waals surface area contributed by atoms with Crippen molar-refractivity contribution in [2.75, 3.05) is 33.3 Å². The monoisotopic (exact) mass is 468 g/mol. The van der Waals surface area contributed by atoms with Crippen LogP contribution in [-0.4, -0.2) is 72.0 Å². The molecule has 2 saturated heterocycles. The second-order valence-corrected chi connectivity index (χ2v) is 11.0. The maximum absolute atomic E-state index is 13.1. The van der Waals surface area contributed by atoms with Crippen LogP contribution in [-0.2, 0) is 21.2 Å². The fourth-order valence-corrected chi connectivity index (χ4v) is 6.72. The molecular weight excluding hydrogens is 440 g/mol. The zero-order valence-electron chi connectivity index (χ0n) is 18.6. The lowest BCUT2D eigenvalue weighted by atomic mass is 9.90. The van der Waals surface area contributed by atoms with Crippen LogP contribution >= 0.6 is 0 Å². The van der Waals surface area contributed by atoms with Crippen LogP contribution in [0.1, 0.15) is 29.9 Å². The highest BCUT2D eigenvalue weighted by atomic mass is 32.2. The lowest BCUT2D eigenvalue weighted by Gasteiger charge is -2.42. The van der Waals surface area contributed by atoms with E-state index >= 15 is 0 Å². The van der Waals surface area contributed by atoms with E-state index in [1.165, 1.54) is 5.56 Å². The number of carbonyl (C=O) groups is 1. The molecular formula is C24H28N4O4S. The number of pyridine rings is 1. The van der Waals surface area contributed by atoms with Gasteiger partial charge in [-0.15, -0.1) is 0 Å². The fourth-order valence-electron chi connectivity index (χ4n) is 4.85. The van der Waals surface area contributed by atoms with Crippen LogP contribution in [0, 0.1) is 0 Å². The van der Waals surface area contributed by atoms with E-state index in [-0.39, 0.29) is 25.4 Å². The Hall–Kier alpha value is -2.91. The van der Waals surface area contributed by atoms with Gasteiger partial charge in [0.25, 0.3) is 0 Å². The van der Waals surface area contributed by atoms with Gasteiger partial charge >= 0.3 is 0 Å². The van der Waals surface area contributed by atoms with Crippen molar-refractivity contribution in [2.45, 2.75) is 30.4 Å². The molecule has 2 aliphatic heterocycles. The minimum absolute atomic E-state index is 0.0543. The number of benzene rings is 1. The average molecular weight is 469 g/mol. The number of H-pyrrole nitrogens is 1. The van der Waals surface area contributed by atoms with Crippen LogP contribution < -0.4 is 4.74 Å². The van der Waals surface area contributed by atoms with E-state index in [4.69, 9.17) is 4.74 Å². The Kier molecular flexibility index (Phi) is 5.84. The first-order valence-electron chi connectivity index (χ1n) is 11.3. The van der Waals surface area contributed by atoms with Crippen molar-refractivity contribution in [1.82, 2.24) is 19.2 Å². The molecule has 4 heterocycles. The number of hydrogen-bond acceptors (Lipinski definition) is 5. The first kappa shape index (κ1) is 21.9. The Labute approximate surface area is 193 Å². The molecule has 3 aromatic rings. The normalized spacial score (nSPS) is 18.4. The number of rotatable bonds is 6. The van der Waals surface area contributed by atoms with Crippen LogP contribution in [0.5, 0.6) is 5.75 Å². The molecule has 2 aromatic heterocycles. The molecule has 33 heavy (non-hydrogen) atoms. The van der Waals surface area contributed by atoms with Crippen LogP contribution in [0.2, 0.25) is 0 Å². The molecule has 0 saturated carbocycles. The Morgan fingerprint density at radius 2 is 1.97 bits per heavy atom. The van der Waals surface area contributed by atoms with Gasteiger partial charge in [0, 0.05) is 44.0 Å². The van der Waals surface area contributed by atoms with Gasteiger partial charge in [-0.3, -0.25) is 4.79 Å². The minimum Gasteiger partial charge on any atom is -0.497 e. The molecule has 2 fully saturated rings. The Balaban J connectivity index is 1.16. The van der Waals surface area contributed by atoms with Crippen molar-refractivity contribution in [1.29, 1.82) is 0 Å². The van der Waals surface area contributed by atoms with E-state index in [9.17, 15) is 13.2 Å². The fraction of sp³-hybridized carbons (Fsp3) is 0.417. The lowest BCUT2D eigenvalue weighted by molar-refractivity contribution is -0.133. The van der Waals surface area contributed by atoms with Gasteiger partial charge in [0.05, 0.1) is 13.5 Å². The number of piperidine rings is 1. The number of hydrogen-bond donors (Lipinski definition) is 1. The lowest BCUT2D eigenvalue weighted by Crippen LogP contribution is -2.60. The highest BCUT2D eigenvalue weighted by molar-refractivity contribution is 7.89. The molecule has 1 aromatic carbocycles. The molecule has 2 aliphatic rings. The predicted octanol–water partition coefficient (Wildman–Crippen LogP) is 2.53. The number of likely N-dealkylation sites (tertiary alicyclic amines) is 1. The van der Waals surface area contributed by atoms with E-state index < -0.39 is 15.3 Å². The van der Waals surface area contributed by atoms with Crippen LogP contribution in [0.3, 0.4) is 0 Å². The quantitative estimate of drug-likeness (QED) is 0.600. The zero-order chi connectivity index (χ0) is 23.0. The summed E-state index contributed by atoms with van der Waals surface area (Å²) in [5, 5.41) is 0.601. The summed E-state index contributed by atoms with van der Waals surface area (Å²) in [6.07, 6.45) is 5.58. The second kappa shape index (κ2) is 8.79. The van der Waals surface area contributed by atoms with Crippen molar-refractivity contribution >= 4 is 27.0 Å². The number of sulfonamides is 1. The molecule has 0 unspecified atom stereocenters. The first-order chi connectivity index (χ1) is 16.0. The summed E-state index contributed by atoms with van der Waals surface area (Å²) in [7, 11) is -1.82. The molecule has 1 N–H and O–H groups in total. The van der Waals surface area contributed by atoms with Gasteiger partial charge in [0.15, 0.2) is 0 Å². The van der Waals surface area contributed by atoms with Gasteiger partial charge < -0.3 is 14.6 Å². The number of aromatic amines is 1. The second-order valence-electron chi connectivity index (χ2n) is 8.81. The summed E-state index contributed by atoms with van der Waals surface area (Å²) in [5.41, 5.74) is 2.95. The molecule has 0 atom stereocenters. The van der Waals surface area contributed by atoms with E-state index in [0.29, 0.717) is 24.8 Å². The Bertz CT molecular complexity index is 1260. The van der Waals surface area contributed by atoms with Crippen LogP contribution in [0.4, 0.5) is 0 Å². The predicted molar refractivity (Wildman–Crippen MR) is 126 cm³/mol. The molecule has 174 valence electrons. The maximum atomic E-state index is 13.1.